The van der Waals surface area contributed by atoms with Crippen LogP contribution in [-0.2, 0) is 22.5 Å². The summed E-state index contributed by atoms with van der Waals surface area (Å²) in [5.74, 6) is 2.10. The van der Waals surface area contributed by atoms with Crippen LogP contribution in [-0.4, -0.2) is 60.3 Å². The highest BCUT2D eigenvalue weighted by Crippen LogP contribution is 2.33. The molecule has 1 amide bonds. The van der Waals surface area contributed by atoms with E-state index in [0.29, 0.717) is 26.0 Å². The number of ether oxygens (including phenoxy) is 2. The molecule has 2 heterocycles. The lowest BCUT2D eigenvalue weighted by Crippen LogP contribution is -2.42. The minimum Gasteiger partial charge on any atom is -0.494 e. The van der Waals surface area contributed by atoms with E-state index >= 15 is 0 Å². The first-order chi connectivity index (χ1) is 18.6. The molecule has 7 heteroatoms. The van der Waals surface area contributed by atoms with Crippen LogP contribution in [0.3, 0.4) is 0 Å². The monoisotopic (exact) mass is 514 g/mol. The maximum atomic E-state index is 13.3. The average Bonchev–Trinajstić information content (AvgIpc) is 3.32. The number of hydrogen-bond acceptors (Lipinski definition) is 5. The highest BCUT2D eigenvalue weighted by molar-refractivity contribution is 5.84. The quantitative estimate of drug-likeness (QED) is 0.304. The summed E-state index contributed by atoms with van der Waals surface area (Å²) in [6, 6.07) is 20.6. The number of carbonyl (C=O) groups excluding carboxylic acids is 1. The first-order valence-corrected chi connectivity index (χ1v) is 13.6. The second-order valence-electron chi connectivity index (χ2n) is 10.3. The molecule has 0 spiro atoms. The molecule has 7 nitrogen and oxygen atoms in total. The zero-order valence-electron chi connectivity index (χ0n) is 22.4. The standard InChI is InChI=1S/C31H38N4O3/c1-37-17-7-16-35-27-11-5-12-28(38-2)30(27)33-31(35)25-10-6-15-34(21-25)29(36)20-26(32)19-22-13-14-23-8-3-4-9-24(23)18-22/h3-5,8-9,11-14,18,25-26H,6-7,10,15-17,19-21,32H2,1-2H3. The highest BCUT2D eigenvalue weighted by atomic mass is 16.5. The van der Waals surface area contributed by atoms with Crippen molar-refractivity contribution in [1.82, 2.24) is 14.5 Å². The first-order valence-electron chi connectivity index (χ1n) is 13.6. The van der Waals surface area contributed by atoms with E-state index < -0.39 is 0 Å². The van der Waals surface area contributed by atoms with Crippen molar-refractivity contribution in [3.8, 4) is 5.75 Å². The van der Waals surface area contributed by atoms with Crippen LogP contribution in [0.2, 0.25) is 0 Å². The predicted octanol–water partition coefficient (Wildman–Crippen LogP) is 4.90. The molecule has 0 aliphatic carbocycles. The molecule has 4 aromatic rings. The molecule has 0 saturated carbocycles. The number of amides is 1. The Morgan fingerprint density at radius 2 is 1.95 bits per heavy atom. The molecule has 0 bridgehead atoms. The second kappa shape index (κ2) is 12.0. The van der Waals surface area contributed by atoms with Crippen molar-refractivity contribution < 1.29 is 14.3 Å². The Hall–Kier alpha value is -3.42. The summed E-state index contributed by atoms with van der Waals surface area (Å²) in [5.41, 5.74) is 9.60. The van der Waals surface area contributed by atoms with E-state index in [1.165, 1.54) is 16.3 Å². The predicted molar refractivity (Wildman–Crippen MR) is 152 cm³/mol. The molecule has 5 rings (SSSR count). The maximum Gasteiger partial charge on any atom is 0.224 e. The third-order valence-corrected chi connectivity index (χ3v) is 7.61. The van der Waals surface area contributed by atoms with E-state index in [9.17, 15) is 4.79 Å². The third kappa shape index (κ3) is 5.69. The fraction of sp³-hybridized carbons (Fsp3) is 0.419. The number of aromatic nitrogens is 2. The Labute approximate surface area is 224 Å². The lowest BCUT2D eigenvalue weighted by Gasteiger charge is -2.33. The lowest BCUT2D eigenvalue weighted by molar-refractivity contribution is -0.132. The van der Waals surface area contributed by atoms with Crippen LogP contribution in [0.15, 0.2) is 60.7 Å². The van der Waals surface area contributed by atoms with E-state index in [-0.39, 0.29) is 17.9 Å². The number of rotatable bonds is 10. The van der Waals surface area contributed by atoms with Crippen molar-refractivity contribution in [2.24, 2.45) is 5.73 Å². The Morgan fingerprint density at radius 1 is 1.11 bits per heavy atom. The number of likely N-dealkylation sites (tertiary alicyclic amines) is 1. The normalized spacial score (nSPS) is 16.7. The minimum absolute atomic E-state index is 0.127. The van der Waals surface area contributed by atoms with Gasteiger partial charge in [0.1, 0.15) is 17.1 Å². The maximum absolute atomic E-state index is 13.3. The van der Waals surface area contributed by atoms with E-state index in [1.807, 2.05) is 29.2 Å². The molecule has 38 heavy (non-hydrogen) atoms. The topological polar surface area (TPSA) is 82.6 Å². The Bertz CT molecular complexity index is 1400. The summed E-state index contributed by atoms with van der Waals surface area (Å²) in [6.45, 7) is 2.93. The van der Waals surface area contributed by atoms with Gasteiger partial charge in [0.15, 0.2) is 0 Å². The lowest BCUT2D eigenvalue weighted by atomic mass is 9.95. The Kier molecular flexibility index (Phi) is 8.25. The van der Waals surface area contributed by atoms with Crippen molar-refractivity contribution in [3.63, 3.8) is 0 Å². The smallest absolute Gasteiger partial charge is 0.224 e. The molecule has 0 radical (unpaired) electrons. The molecule has 2 N–H and O–H groups in total. The van der Waals surface area contributed by atoms with Crippen molar-refractivity contribution in [2.45, 2.75) is 50.6 Å². The van der Waals surface area contributed by atoms with E-state index in [4.69, 9.17) is 20.2 Å². The molecule has 1 fully saturated rings. The van der Waals surface area contributed by atoms with Crippen molar-refractivity contribution in [2.75, 3.05) is 33.9 Å². The Balaban J connectivity index is 1.29. The van der Waals surface area contributed by atoms with Gasteiger partial charge in [-0.2, -0.15) is 0 Å². The number of imidazole rings is 1. The van der Waals surface area contributed by atoms with Gasteiger partial charge in [0.25, 0.3) is 0 Å². The number of para-hydroxylation sites is 1. The number of carbonyl (C=O) groups is 1. The van der Waals surface area contributed by atoms with Gasteiger partial charge in [0, 0.05) is 51.7 Å². The summed E-state index contributed by atoms with van der Waals surface area (Å²) >= 11 is 0. The molecule has 1 aliphatic rings. The number of fused-ring (bicyclic) bond motifs is 2. The Morgan fingerprint density at radius 3 is 2.76 bits per heavy atom. The molecule has 200 valence electrons. The van der Waals surface area contributed by atoms with Crippen LogP contribution in [0.5, 0.6) is 5.75 Å². The molecular formula is C31H38N4O3. The summed E-state index contributed by atoms with van der Waals surface area (Å²) in [7, 11) is 3.41. The number of hydrogen-bond donors (Lipinski definition) is 1. The number of methoxy groups -OCH3 is 2. The largest absolute Gasteiger partial charge is 0.494 e. The van der Waals surface area contributed by atoms with Gasteiger partial charge in [-0.25, -0.2) is 4.98 Å². The highest BCUT2D eigenvalue weighted by Gasteiger charge is 2.29. The molecular weight excluding hydrogens is 476 g/mol. The number of nitrogens with zero attached hydrogens (tertiary/aromatic N) is 3. The minimum atomic E-state index is -0.216. The van der Waals surface area contributed by atoms with Gasteiger partial charge in [-0.15, -0.1) is 0 Å². The number of piperidine rings is 1. The van der Waals surface area contributed by atoms with Gasteiger partial charge < -0.3 is 24.7 Å². The summed E-state index contributed by atoms with van der Waals surface area (Å²) in [6.07, 6.45) is 3.88. The zero-order chi connectivity index (χ0) is 26.5. The van der Waals surface area contributed by atoms with Crippen LogP contribution in [0, 0.1) is 0 Å². The average molecular weight is 515 g/mol. The molecule has 1 aromatic heterocycles. The van der Waals surface area contributed by atoms with Gasteiger partial charge in [-0.1, -0.05) is 48.5 Å². The number of nitrogens with two attached hydrogens (primary N) is 1. The van der Waals surface area contributed by atoms with Gasteiger partial charge >= 0.3 is 0 Å². The summed E-state index contributed by atoms with van der Waals surface area (Å²) in [4.78, 5) is 20.4. The molecule has 1 saturated heterocycles. The van der Waals surface area contributed by atoms with Gasteiger partial charge in [0.2, 0.25) is 5.91 Å². The molecule has 2 unspecified atom stereocenters. The van der Waals surface area contributed by atoms with Gasteiger partial charge in [-0.3, -0.25) is 4.79 Å². The number of aryl methyl sites for hydroxylation is 1. The second-order valence-corrected chi connectivity index (χ2v) is 10.3. The number of benzene rings is 3. The van der Waals surface area contributed by atoms with E-state index in [0.717, 1.165) is 55.0 Å². The van der Waals surface area contributed by atoms with E-state index in [2.05, 4.69) is 41.0 Å². The van der Waals surface area contributed by atoms with Crippen molar-refractivity contribution >= 4 is 27.7 Å². The van der Waals surface area contributed by atoms with Gasteiger partial charge in [0.05, 0.1) is 12.6 Å². The summed E-state index contributed by atoms with van der Waals surface area (Å²) in [5, 5.41) is 2.42. The van der Waals surface area contributed by atoms with Crippen LogP contribution < -0.4 is 10.5 Å². The fourth-order valence-corrected chi connectivity index (χ4v) is 5.73. The zero-order valence-corrected chi connectivity index (χ0v) is 22.4. The van der Waals surface area contributed by atoms with E-state index in [1.54, 1.807) is 14.2 Å². The van der Waals surface area contributed by atoms with Crippen LogP contribution in [0.4, 0.5) is 0 Å². The molecule has 1 aliphatic heterocycles. The molecule has 3 aromatic carbocycles. The third-order valence-electron chi connectivity index (χ3n) is 7.61. The summed E-state index contributed by atoms with van der Waals surface area (Å²) < 4.78 is 13.2. The van der Waals surface area contributed by atoms with Crippen LogP contribution >= 0.6 is 0 Å². The SMILES string of the molecule is COCCCn1c(C2CCCN(C(=O)CC(N)Cc3ccc4ccccc4c3)C2)nc2c(OC)cccc21. The van der Waals surface area contributed by atoms with Crippen LogP contribution in [0.1, 0.15) is 43.0 Å². The van der Waals surface area contributed by atoms with Crippen molar-refractivity contribution in [3.05, 3.63) is 72.1 Å². The fourth-order valence-electron chi connectivity index (χ4n) is 5.73. The van der Waals surface area contributed by atoms with Crippen molar-refractivity contribution in [1.29, 1.82) is 0 Å². The molecule has 2 atom stereocenters. The van der Waals surface area contributed by atoms with Gasteiger partial charge in [-0.05, 0) is 54.2 Å². The van der Waals surface area contributed by atoms with Crippen LogP contribution in [0.25, 0.3) is 21.8 Å². The first kappa shape index (κ1) is 26.2.